The lowest BCUT2D eigenvalue weighted by molar-refractivity contribution is -0.120. The Balaban J connectivity index is 2.64. The van der Waals surface area contributed by atoms with Crippen molar-refractivity contribution in [3.63, 3.8) is 0 Å². The Hall–Kier alpha value is -1.65. The third-order valence-corrected chi connectivity index (χ3v) is 2.59. The zero-order valence-corrected chi connectivity index (χ0v) is 10.8. The third kappa shape index (κ3) is 3.41. The van der Waals surface area contributed by atoms with Gasteiger partial charge in [0.25, 0.3) is 5.91 Å². The van der Waals surface area contributed by atoms with Crippen molar-refractivity contribution in [3.8, 4) is 0 Å². The van der Waals surface area contributed by atoms with Crippen LogP contribution in [0.25, 0.3) is 0 Å². The van der Waals surface area contributed by atoms with Gasteiger partial charge in [0, 0.05) is 13.0 Å². The van der Waals surface area contributed by atoms with Gasteiger partial charge in [0.05, 0.1) is 12.2 Å². The molecule has 0 saturated heterocycles. The lowest BCUT2D eigenvalue weighted by atomic mass is 10.1. The van der Waals surface area contributed by atoms with Gasteiger partial charge in [-0.2, -0.15) is 5.10 Å². The Kier molecular flexibility index (Phi) is 4.43. The molecule has 5 nitrogen and oxygen atoms in total. The van der Waals surface area contributed by atoms with Crippen LogP contribution in [-0.4, -0.2) is 28.0 Å². The second-order valence-electron chi connectivity index (χ2n) is 4.30. The van der Waals surface area contributed by atoms with E-state index in [0.29, 0.717) is 5.69 Å². The Morgan fingerprint density at radius 2 is 2.12 bits per heavy atom. The topological polar surface area (TPSA) is 64.0 Å². The summed E-state index contributed by atoms with van der Waals surface area (Å²) in [6.07, 6.45) is 0.784. The van der Waals surface area contributed by atoms with Crippen LogP contribution in [0.5, 0.6) is 0 Å². The van der Waals surface area contributed by atoms with Crippen LogP contribution in [-0.2, 0) is 18.3 Å². The molecule has 5 heteroatoms. The summed E-state index contributed by atoms with van der Waals surface area (Å²) in [4.78, 5) is 23.2. The third-order valence-electron chi connectivity index (χ3n) is 2.59. The van der Waals surface area contributed by atoms with E-state index in [-0.39, 0.29) is 24.2 Å². The second-order valence-corrected chi connectivity index (χ2v) is 4.30. The van der Waals surface area contributed by atoms with Gasteiger partial charge in [0.15, 0.2) is 5.78 Å². The standard InChI is InChI=1S/C12H19N3O2/c1-5-9-6-10(15(4)14-9)12(17)13-7-11(16)8(2)3/h6,8H,5,7H2,1-4H3,(H,13,17). The van der Waals surface area contributed by atoms with Crippen molar-refractivity contribution in [3.05, 3.63) is 17.5 Å². The van der Waals surface area contributed by atoms with Crippen molar-refractivity contribution in [2.24, 2.45) is 13.0 Å². The number of aryl methyl sites for hydroxylation is 2. The van der Waals surface area contributed by atoms with Crippen molar-refractivity contribution in [1.82, 2.24) is 15.1 Å². The van der Waals surface area contributed by atoms with Gasteiger partial charge in [0.1, 0.15) is 5.69 Å². The van der Waals surface area contributed by atoms with E-state index in [9.17, 15) is 9.59 Å². The van der Waals surface area contributed by atoms with Crippen molar-refractivity contribution in [2.75, 3.05) is 6.54 Å². The number of hydrogen-bond acceptors (Lipinski definition) is 3. The zero-order chi connectivity index (χ0) is 13.0. The van der Waals surface area contributed by atoms with E-state index >= 15 is 0 Å². The van der Waals surface area contributed by atoms with Crippen LogP contribution in [0.4, 0.5) is 0 Å². The Labute approximate surface area is 101 Å². The van der Waals surface area contributed by atoms with Crippen LogP contribution in [0.2, 0.25) is 0 Å². The minimum Gasteiger partial charge on any atom is -0.344 e. The lowest BCUT2D eigenvalue weighted by Crippen LogP contribution is -2.32. The zero-order valence-electron chi connectivity index (χ0n) is 10.8. The predicted octanol–water partition coefficient (Wildman–Crippen LogP) is 0.937. The van der Waals surface area contributed by atoms with Crippen LogP contribution >= 0.6 is 0 Å². The molecular weight excluding hydrogens is 218 g/mol. The average molecular weight is 237 g/mol. The number of aromatic nitrogens is 2. The highest BCUT2D eigenvalue weighted by Gasteiger charge is 2.14. The molecule has 0 unspecified atom stereocenters. The Bertz CT molecular complexity index is 421. The SMILES string of the molecule is CCc1cc(C(=O)NCC(=O)C(C)C)n(C)n1. The molecule has 1 aromatic rings. The molecule has 1 amide bonds. The van der Waals surface area contributed by atoms with Crippen molar-refractivity contribution < 1.29 is 9.59 Å². The highest BCUT2D eigenvalue weighted by Crippen LogP contribution is 2.03. The van der Waals surface area contributed by atoms with E-state index in [1.807, 2.05) is 20.8 Å². The van der Waals surface area contributed by atoms with E-state index < -0.39 is 0 Å². The summed E-state index contributed by atoms with van der Waals surface area (Å²) in [6.45, 7) is 5.68. The minimum absolute atomic E-state index is 0.0243. The van der Waals surface area contributed by atoms with Gasteiger partial charge in [-0.25, -0.2) is 0 Å². The summed E-state index contributed by atoms with van der Waals surface area (Å²) < 4.78 is 1.54. The number of nitrogens with zero attached hydrogens (tertiary/aromatic N) is 2. The fraction of sp³-hybridized carbons (Fsp3) is 0.583. The molecule has 1 rings (SSSR count). The summed E-state index contributed by atoms with van der Waals surface area (Å²) in [7, 11) is 1.72. The van der Waals surface area contributed by atoms with Gasteiger partial charge in [0.2, 0.25) is 0 Å². The van der Waals surface area contributed by atoms with Crippen molar-refractivity contribution in [1.29, 1.82) is 0 Å². The number of amides is 1. The van der Waals surface area contributed by atoms with Crippen LogP contribution in [0.15, 0.2) is 6.07 Å². The molecule has 1 N–H and O–H groups in total. The first-order chi connectivity index (χ1) is 7.95. The quantitative estimate of drug-likeness (QED) is 0.828. The number of ketones is 1. The molecule has 0 radical (unpaired) electrons. The highest BCUT2D eigenvalue weighted by molar-refractivity contribution is 5.95. The lowest BCUT2D eigenvalue weighted by Gasteiger charge is -2.06. The van der Waals surface area contributed by atoms with Crippen molar-refractivity contribution in [2.45, 2.75) is 27.2 Å². The van der Waals surface area contributed by atoms with Crippen LogP contribution in [0.3, 0.4) is 0 Å². The highest BCUT2D eigenvalue weighted by atomic mass is 16.2. The summed E-state index contributed by atoms with van der Waals surface area (Å²) in [5.74, 6) is -0.294. The molecule has 0 aliphatic rings. The van der Waals surface area contributed by atoms with E-state index in [2.05, 4.69) is 10.4 Å². The summed E-state index contributed by atoms with van der Waals surface area (Å²) in [6, 6.07) is 1.75. The van der Waals surface area contributed by atoms with Crippen molar-refractivity contribution >= 4 is 11.7 Å². The monoisotopic (exact) mass is 237 g/mol. The smallest absolute Gasteiger partial charge is 0.269 e. The maximum absolute atomic E-state index is 11.8. The fourth-order valence-electron chi connectivity index (χ4n) is 1.37. The molecule has 0 aliphatic carbocycles. The van der Waals surface area contributed by atoms with E-state index in [1.54, 1.807) is 13.1 Å². The molecular formula is C12H19N3O2. The molecule has 0 atom stereocenters. The van der Waals surface area contributed by atoms with Crippen LogP contribution in [0.1, 0.15) is 37.0 Å². The number of carbonyl (C=O) groups is 2. The van der Waals surface area contributed by atoms with Gasteiger partial charge >= 0.3 is 0 Å². The Morgan fingerprint density at radius 3 is 2.59 bits per heavy atom. The van der Waals surface area contributed by atoms with Crippen LogP contribution in [0, 0.1) is 5.92 Å². The van der Waals surface area contributed by atoms with Gasteiger partial charge in [-0.1, -0.05) is 20.8 Å². The van der Waals surface area contributed by atoms with E-state index in [4.69, 9.17) is 0 Å². The maximum atomic E-state index is 11.8. The van der Waals surface area contributed by atoms with Gasteiger partial charge < -0.3 is 5.32 Å². The molecule has 1 heterocycles. The molecule has 0 fully saturated rings. The van der Waals surface area contributed by atoms with Crippen LogP contribution < -0.4 is 5.32 Å². The molecule has 94 valence electrons. The van der Waals surface area contributed by atoms with E-state index in [0.717, 1.165) is 12.1 Å². The summed E-state index contributed by atoms with van der Waals surface area (Å²) in [5.41, 5.74) is 1.35. The first-order valence-corrected chi connectivity index (χ1v) is 5.79. The van der Waals surface area contributed by atoms with Gasteiger partial charge in [-0.3, -0.25) is 14.3 Å². The molecule has 0 bridgehead atoms. The summed E-state index contributed by atoms with van der Waals surface area (Å²) >= 11 is 0. The first-order valence-electron chi connectivity index (χ1n) is 5.79. The Morgan fingerprint density at radius 1 is 1.47 bits per heavy atom. The largest absolute Gasteiger partial charge is 0.344 e. The number of Topliss-reactive ketones (excluding diaryl/α,β-unsaturated/α-hetero) is 1. The molecule has 0 spiro atoms. The molecule has 1 aromatic heterocycles. The normalized spacial score (nSPS) is 10.6. The fourth-order valence-corrected chi connectivity index (χ4v) is 1.37. The molecule has 0 aromatic carbocycles. The summed E-state index contributed by atoms with van der Waals surface area (Å²) in [5, 5.41) is 6.79. The molecule has 0 aliphatic heterocycles. The first kappa shape index (κ1) is 13.4. The number of nitrogens with one attached hydrogen (secondary N) is 1. The minimum atomic E-state index is -0.256. The molecule has 0 saturated carbocycles. The van der Waals surface area contributed by atoms with Gasteiger partial charge in [-0.05, 0) is 12.5 Å². The van der Waals surface area contributed by atoms with Gasteiger partial charge in [-0.15, -0.1) is 0 Å². The number of rotatable bonds is 5. The molecule has 17 heavy (non-hydrogen) atoms. The predicted molar refractivity (Wildman–Crippen MR) is 64.8 cm³/mol. The number of carbonyl (C=O) groups excluding carboxylic acids is 2. The maximum Gasteiger partial charge on any atom is 0.269 e. The number of hydrogen-bond donors (Lipinski definition) is 1. The second kappa shape index (κ2) is 5.61. The average Bonchev–Trinajstić information content (AvgIpc) is 2.66. The van der Waals surface area contributed by atoms with E-state index in [1.165, 1.54) is 4.68 Å².